The van der Waals surface area contributed by atoms with Crippen molar-refractivity contribution in [3.05, 3.63) is 24.2 Å². The summed E-state index contributed by atoms with van der Waals surface area (Å²) in [4.78, 5) is 18.1. The summed E-state index contributed by atoms with van der Waals surface area (Å²) in [5.41, 5.74) is 7.30. The summed E-state index contributed by atoms with van der Waals surface area (Å²) in [6, 6.07) is 3.97. The molecule has 0 saturated carbocycles. The Bertz CT molecular complexity index is 754. The smallest absolute Gasteiger partial charge is 0.410 e. The van der Waals surface area contributed by atoms with Gasteiger partial charge in [0.15, 0.2) is 5.82 Å². The van der Waals surface area contributed by atoms with E-state index < -0.39 is 5.60 Å². The summed E-state index contributed by atoms with van der Waals surface area (Å²) in [7, 11) is 0. The van der Waals surface area contributed by atoms with Gasteiger partial charge in [0.25, 0.3) is 0 Å². The SMILES string of the molecule is CC(C)(C)OC(=O)N1CCC(c2ccc3c(N)ncnn23)C(Br)C1. The van der Waals surface area contributed by atoms with Crippen LogP contribution >= 0.6 is 15.9 Å². The van der Waals surface area contributed by atoms with Gasteiger partial charge in [-0.2, -0.15) is 5.10 Å². The van der Waals surface area contributed by atoms with Gasteiger partial charge >= 0.3 is 6.09 Å². The lowest BCUT2D eigenvalue weighted by atomic mass is 9.93. The molecule has 2 atom stereocenters. The zero-order valence-corrected chi connectivity index (χ0v) is 15.7. The molecular weight excluding hydrogens is 374 g/mol. The van der Waals surface area contributed by atoms with E-state index in [9.17, 15) is 4.79 Å². The van der Waals surface area contributed by atoms with Crippen LogP contribution in [-0.4, -0.2) is 49.1 Å². The number of ether oxygens (including phenoxy) is 1. The Morgan fingerprint density at radius 1 is 1.42 bits per heavy atom. The Hall–Kier alpha value is -1.83. The second-order valence-electron chi connectivity index (χ2n) is 7.04. The highest BCUT2D eigenvalue weighted by atomic mass is 79.9. The van der Waals surface area contributed by atoms with Crippen LogP contribution in [0.4, 0.5) is 10.6 Å². The van der Waals surface area contributed by atoms with Crippen LogP contribution in [0.3, 0.4) is 0 Å². The van der Waals surface area contributed by atoms with Gasteiger partial charge in [0.05, 0.1) is 0 Å². The van der Waals surface area contributed by atoms with Crippen molar-refractivity contribution in [1.29, 1.82) is 0 Å². The Kier molecular flexibility index (Phi) is 4.42. The molecule has 1 amide bonds. The van der Waals surface area contributed by atoms with Crippen LogP contribution in [0.1, 0.15) is 38.8 Å². The Labute approximate surface area is 149 Å². The minimum atomic E-state index is -0.484. The highest BCUT2D eigenvalue weighted by molar-refractivity contribution is 9.09. The molecule has 3 rings (SSSR count). The summed E-state index contributed by atoms with van der Waals surface area (Å²) < 4.78 is 7.30. The molecule has 7 nitrogen and oxygen atoms in total. The van der Waals surface area contributed by atoms with Crippen molar-refractivity contribution >= 4 is 33.4 Å². The topological polar surface area (TPSA) is 85.8 Å². The van der Waals surface area contributed by atoms with E-state index in [4.69, 9.17) is 10.5 Å². The number of aromatic nitrogens is 3. The van der Waals surface area contributed by atoms with Crippen molar-refractivity contribution < 1.29 is 9.53 Å². The number of amides is 1. The van der Waals surface area contributed by atoms with Crippen molar-refractivity contribution in [2.24, 2.45) is 0 Å². The molecule has 24 heavy (non-hydrogen) atoms. The molecule has 1 aliphatic heterocycles. The fourth-order valence-electron chi connectivity index (χ4n) is 2.98. The van der Waals surface area contributed by atoms with Crippen molar-refractivity contribution in [2.75, 3.05) is 18.8 Å². The van der Waals surface area contributed by atoms with Crippen molar-refractivity contribution in [3.8, 4) is 0 Å². The van der Waals surface area contributed by atoms with Crippen LogP contribution < -0.4 is 5.73 Å². The summed E-state index contributed by atoms with van der Waals surface area (Å²) in [6.45, 7) is 6.86. The van der Waals surface area contributed by atoms with Gasteiger partial charge in [-0.1, -0.05) is 15.9 Å². The fourth-order valence-corrected chi connectivity index (χ4v) is 3.87. The molecule has 0 spiro atoms. The largest absolute Gasteiger partial charge is 0.444 e. The van der Waals surface area contributed by atoms with E-state index in [0.29, 0.717) is 18.9 Å². The summed E-state index contributed by atoms with van der Waals surface area (Å²) in [5, 5.41) is 4.31. The lowest BCUT2D eigenvalue weighted by molar-refractivity contribution is 0.0211. The van der Waals surface area contributed by atoms with Crippen molar-refractivity contribution in [2.45, 2.75) is 43.5 Å². The van der Waals surface area contributed by atoms with Crippen molar-refractivity contribution in [1.82, 2.24) is 19.5 Å². The maximum absolute atomic E-state index is 12.3. The van der Waals surface area contributed by atoms with Crippen LogP contribution in [0, 0.1) is 0 Å². The van der Waals surface area contributed by atoms with E-state index >= 15 is 0 Å². The van der Waals surface area contributed by atoms with E-state index in [1.807, 2.05) is 37.4 Å². The lowest BCUT2D eigenvalue weighted by Gasteiger charge is -2.36. The van der Waals surface area contributed by atoms with E-state index in [1.165, 1.54) is 6.33 Å². The summed E-state index contributed by atoms with van der Waals surface area (Å²) in [5.74, 6) is 0.703. The average molecular weight is 396 g/mol. The van der Waals surface area contributed by atoms with Gasteiger partial charge in [0, 0.05) is 29.5 Å². The Balaban J connectivity index is 1.76. The van der Waals surface area contributed by atoms with Gasteiger partial charge < -0.3 is 15.4 Å². The molecule has 2 aromatic heterocycles. The first-order valence-corrected chi connectivity index (χ1v) is 8.88. The number of nitrogen functional groups attached to an aromatic ring is 1. The maximum atomic E-state index is 12.3. The minimum absolute atomic E-state index is 0.119. The normalized spacial score (nSPS) is 21.9. The molecule has 2 unspecified atom stereocenters. The highest BCUT2D eigenvalue weighted by Gasteiger charge is 2.34. The van der Waals surface area contributed by atoms with Crippen molar-refractivity contribution in [3.63, 3.8) is 0 Å². The fraction of sp³-hybridized carbons (Fsp3) is 0.562. The lowest BCUT2D eigenvalue weighted by Crippen LogP contribution is -2.45. The zero-order valence-electron chi connectivity index (χ0n) is 14.1. The standard InChI is InChI=1S/C16H22BrN5O2/c1-16(2,3)24-15(23)21-7-6-10(11(17)8-21)12-4-5-13-14(18)19-9-20-22(12)13/h4-5,9-11H,6-8H2,1-3H3,(H2,18,19,20). The number of fused-ring (bicyclic) bond motifs is 1. The highest BCUT2D eigenvalue weighted by Crippen LogP contribution is 2.34. The first-order valence-electron chi connectivity index (χ1n) is 7.96. The molecule has 1 aliphatic rings. The molecule has 1 fully saturated rings. The molecule has 0 bridgehead atoms. The van der Waals surface area contributed by atoms with Gasteiger partial charge in [0.1, 0.15) is 17.4 Å². The molecule has 2 N–H and O–H groups in total. The Morgan fingerprint density at radius 2 is 2.17 bits per heavy atom. The number of hydrogen-bond acceptors (Lipinski definition) is 5. The van der Waals surface area contributed by atoms with E-state index in [2.05, 4.69) is 26.0 Å². The third-order valence-corrected chi connectivity index (χ3v) is 5.01. The number of piperidine rings is 1. The molecule has 0 radical (unpaired) electrons. The second-order valence-corrected chi connectivity index (χ2v) is 8.21. The minimum Gasteiger partial charge on any atom is -0.444 e. The van der Waals surface area contributed by atoms with Crippen LogP contribution in [0.15, 0.2) is 18.5 Å². The molecule has 3 heterocycles. The number of rotatable bonds is 1. The van der Waals surface area contributed by atoms with E-state index in [1.54, 1.807) is 4.90 Å². The van der Waals surface area contributed by atoms with Gasteiger partial charge in [-0.05, 0) is 39.3 Å². The first kappa shape index (κ1) is 17.0. The molecule has 1 saturated heterocycles. The third-order valence-electron chi connectivity index (χ3n) is 4.08. The number of anilines is 1. The summed E-state index contributed by atoms with van der Waals surface area (Å²) >= 11 is 3.73. The van der Waals surface area contributed by atoms with Crippen LogP contribution in [0.2, 0.25) is 0 Å². The van der Waals surface area contributed by atoms with Crippen LogP contribution in [0.5, 0.6) is 0 Å². The number of nitrogens with two attached hydrogens (primary N) is 1. The van der Waals surface area contributed by atoms with E-state index in [-0.39, 0.29) is 16.8 Å². The molecular formula is C16H22BrN5O2. The number of carbonyl (C=O) groups excluding carboxylic acids is 1. The van der Waals surface area contributed by atoms with Crippen LogP contribution in [0.25, 0.3) is 5.52 Å². The molecule has 0 aliphatic carbocycles. The van der Waals surface area contributed by atoms with Crippen LogP contribution in [-0.2, 0) is 4.74 Å². The number of likely N-dealkylation sites (tertiary alicyclic amines) is 1. The predicted octanol–water partition coefficient (Wildman–Crippen LogP) is 2.80. The second kappa shape index (κ2) is 6.23. The van der Waals surface area contributed by atoms with E-state index in [0.717, 1.165) is 17.6 Å². The monoisotopic (exact) mass is 395 g/mol. The average Bonchev–Trinajstić information content (AvgIpc) is 2.90. The van der Waals surface area contributed by atoms with Gasteiger partial charge in [-0.15, -0.1) is 0 Å². The number of nitrogens with zero attached hydrogens (tertiary/aromatic N) is 4. The maximum Gasteiger partial charge on any atom is 0.410 e. The molecule has 2 aromatic rings. The Morgan fingerprint density at radius 3 is 2.83 bits per heavy atom. The number of carbonyl (C=O) groups is 1. The first-order chi connectivity index (χ1) is 11.3. The molecule has 8 heteroatoms. The van der Waals surface area contributed by atoms with Gasteiger partial charge in [-0.25, -0.2) is 14.3 Å². The number of alkyl halides is 1. The number of hydrogen-bond donors (Lipinski definition) is 1. The zero-order chi connectivity index (χ0) is 17.5. The quantitative estimate of drug-likeness (QED) is 0.750. The number of halogens is 1. The van der Waals surface area contributed by atoms with Gasteiger partial charge in [-0.3, -0.25) is 0 Å². The predicted molar refractivity (Wildman–Crippen MR) is 95.3 cm³/mol. The third kappa shape index (κ3) is 3.33. The van der Waals surface area contributed by atoms with Gasteiger partial charge in [0.2, 0.25) is 0 Å². The summed E-state index contributed by atoms with van der Waals surface area (Å²) in [6.07, 6.45) is 2.02. The molecule has 130 valence electrons. The molecule has 0 aromatic carbocycles.